The number of hydrogen-bond donors (Lipinski definition) is 2. The number of morpholine rings is 1. The summed E-state index contributed by atoms with van der Waals surface area (Å²) in [5, 5.41) is 10.8. The second kappa shape index (κ2) is 10.3. The molecule has 0 saturated carbocycles. The molecule has 11 nitrogen and oxygen atoms in total. The minimum atomic E-state index is -2.63. The molecular formula is C24H24FN6O5S-. The maximum Gasteiger partial charge on any atom is 0.300 e. The second-order valence-corrected chi connectivity index (χ2v) is 9.34. The van der Waals surface area contributed by atoms with Crippen LogP contribution in [-0.2, 0) is 22.4 Å². The number of benzene rings is 1. The number of nitrogens with one attached hydrogen (secondary N) is 1. The Bertz CT molecular complexity index is 1520. The van der Waals surface area contributed by atoms with E-state index in [1.54, 1.807) is 25.1 Å². The van der Waals surface area contributed by atoms with E-state index in [0.29, 0.717) is 44.1 Å². The highest BCUT2D eigenvalue weighted by atomic mass is 32.2. The SMILES string of the molecule is CCN(c1cc(N2CCOCC2)cn2c(=O)c(O)c(-c3ncc(Cc4ccc(F)cc4)[nH]3)nc12)S(=O)[O-]. The van der Waals surface area contributed by atoms with Gasteiger partial charge in [0.2, 0.25) is 5.75 Å². The summed E-state index contributed by atoms with van der Waals surface area (Å²) >= 11 is -2.63. The van der Waals surface area contributed by atoms with Crippen molar-refractivity contribution in [2.45, 2.75) is 13.3 Å². The number of aromatic nitrogens is 4. The number of ether oxygens (including phenoxy) is 1. The Morgan fingerprint density at radius 2 is 2.00 bits per heavy atom. The maximum absolute atomic E-state index is 13.3. The molecule has 0 aliphatic carbocycles. The van der Waals surface area contributed by atoms with Crippen LogP contribution in [0.4, 0.5) is 15.8 Å². The van der Waals surface area contributed by atoms with Crippen LogP contribution in [0.25, 0.3) is 17.2 Å². The normalized spacial score (nSPS) is 14.7. The van der Waals surface area contributed by atoms with E-state index in [-0.39, 0.29) is 35.2 Å². The fourth-order valence-corrected chi connectivity index (χ4v) is 4.80. The molecule has 1 aliphatic rings. The van der Waals surface area contributed by atoms with Gasteiger partial charge in [-0.2, -0.15) is 0 Å². The lowest BCUT2D eigenvalue weighted by molar-refractivity contribution is 0.122. The van der Waals surface area contributed by atoms with E-state index in [2.05, 4.69) is 15.0 Å². The van der Waals surface area contributed by atoms with Gasteiger partial charge in [0.1, 0.15) is 5.82 Å². The van der Waals surface area contributed by atoms with Gasteiger partial charge in [-0.15, -0.1) is 0 Å². The van der Waals surface area contributed by atoms with Gasteiger partial charge in [-0.3, -0.25) is 17.7 Å². The third-order valence-electron chi connectivity index (χ3n) is 6.14. The van der Waals surface area contributed by atoms with Crippen LogP contribution < -0.4 is 14.8 Å². The molecule has 13 heteroatoms. The van der Waals surface area contributed by atoms with Crippen LogP contribution in [0.3, 0.4) is 0 Å². The quantitative estimate of drug-likeness (QED) is 0.348. The number of anilines is 2. The highest BCUT2D eigenvalue weighted by Crippen LogP contribution is 2.31. The largest absolute Gasteiger partial charge is 0.755 e. The molecule has 0 bridgehead atoms. The summed E-state index contributed by atoms with van der Waals surface area (Å²) in [6.45, 7) is 3.89. The van der Waals surface area contributed by atoms with Crippen molar-refractivity contribution in [1.82, 2.24) is 19.4 Å². The van der Waals surface area contributed by atoms with Crippen molar-refractivity contribution in [2.75, 3.05) is 42.1 Å². The van der Waals surface area contributed by atoms with Crippen LogP contribution >= 0.6 is 0 Å². The van der Waals surface area contributed by atoms with Crippen molar-refractivity contribution < 1.29 is 23.0 Å². The van der Waals surface area contributed by atoms with Crippen molar-refractivity contribution in [2.24, 2.45) is 0 Å². The number of fused-ring (bicyclic) bond motifs is 1. The molecule has 1 atom stereocenters. The Morgan fingerprint density at radius 3 is 2.68 bits per heavy atom. The summed E-state index contributed by atoms with van der Waals surface area (Å²) in [6, 6.07) is 7.67. The van der Waals surface area contributed by atoms with Crippen LogP contribution in [0, 0.1) is 5.82 Å². The summed E-state index contributed by atoms with van der Waals surface area (Å²) in [7, 11) is 0. The van der Waals surface area contributed by atoms with Gasteiger partial charge < -0.3 is 24.3 Å². The van der Waals surface area contributed by atoms with Gasteiger partial charge in [0.15, 0.2) is 17.2 Å². The Hall–Kier alpha value is -3.81. The van der Waals surface area contributed by atoms with E-state index in [9.17, 15) is 23.1 Å². The van der Waals surface area contributed by atoms with E-state index >= 15 is 0 Å². The first-order valence-electron chi connectivity index (χ1n) is 11.6. The fraction of sp³-hybridized carbons (Fsp3) is 0.292. The summed E-state index contributed by atoms with van der Waals surface area (Å²) < 4.78 is 45.0. The standard InChI is InChI=1S/C24H25FN6O5S/c1-2-31(37(34)35)19-12-18(29-7-9-36-10-8-29)14-30-23(19)28-20(21(32)24(30)33)22-26-13-17(27-22)11-15-3-5-16(25)6-4-15/h3-6,12-14,32H,2,7-11H2,1H3,(H,26,27)(H,34,35)/p-1. The first-order valence-corrected chi connectivity index (χ1v) is 12.7. The summed E-state index contributed by atoms with van der Waals surface area (Å²) in [6.07, 6.45) is 3.48. The minimum Gasteiger partial charge on any atom is -0.755 e. The molecule has 1 fully saturated rings. The number of aromatic hydroxyl groups is 1. The van der Waals surface area contributed by atoms with E-state index in [0.717, 1.165) is 14.3 Å². The monoisotopic (exact) mass is 527 g/mol. The maximum atomic E-state index is 13.3. The zero-order valence-corrected chi connectivity index (χ0v) is 20.7. The molecule has 1 aromatic carbocycles. The predicted octanol–water partition coefficient (Wildman–Crippen LogP) is 1.98. The van der Waals surface area contributed by atoms with Crippen LogP contribution in [-0.4, -0.2) is 66.1 Å². The number of rotatable bonds is 7. The molecule has 5 rings (SSSR count). The van der Waals surface area contributed by atoms with Crippen molar-refractivity contribution in [1.29, 1.82) is 0 Å². The average molecular weight is 528 g/mol. The van der Waals surface area contributed by atoms with E-state index in [1.165, 1.54) is 24.5 Å². The minimum absolute atomic E-state index is 0.0531. The van der Waals surface area contributed by atoms with Gasteiger partial charge in [-0.05, 0) is 30.7 Å². The molecule has 4 aromatic rings. The molecule has 2 N–H and O–H groups in total. The molecule has 0 amide bonds. The average Bonchev–Trinajstić information content (AvgIpc) is 3.36. The van der Waals surface area contributed by atoms with Gasteiger partial charge in [0.05, 0.1) is 24.6 Å². The molecule has 1 unspecified atom stereocenters. The lowest BCUT2D eigenvalue weighted by Crippen LogP contribution is -2.37. The molecule has 194 valence electrons. The molecule has 1 saturated heterocycles. The number of aromatic amines is 1. The summed E-state index contributed by atoms with van der Waals surface area (Å²) in [5.74, 6) is -0.826. The summed E-state index contributed by atoms with van der Waals surface area (Å²) in [4.78, 5) is 27.1. The van der Waals surface area contributed by atoms with Crippen LogP contribution in [0.2, 0.25) is 0 Å². The van der Waals surface area contributed by atoms with E-state index in [1.807, 2.05) is 4.90 Å². The van der Waals surface area contributed by atoms with Gasteiger partial charge in [-0.1, -0.05) is 12.1 Å². The first-order chi connectivity index (χ1) is 17.9. The topological polar surface area (TPSA) is 139 Å². The molecule has 1 aliphatic heterocycles. The molecule has 4 heterocycles. The van der Waals surface area contributed by atoms with Crippen LogP contribution in [0.5, 0.6) is 5.75 Å². The Morgan fingerprint density at radius 1 is 1.27 bits per heavy atom. The van der Waals surface area contributed by atoms with Crippen LogP contribution in [0.1, 0.15) is 18.2 Å². The fourth-order valence-electron chi connectivity index (χ4n) is 4.29. The third-order valence-corrected chi connectivity index (χ3v) is 6.95. The van der Waals surface area contributed by atoms with Crippen molar-refractivity contribution >= 4 is 28.3 Å². The highest BCUT2D eigenvalue weighted by molar-refractivity contribution is 7.80. The number of halogens is 1. The highest BCUT2D eigenvalue weighted by Gasteiger charge is 2.23. The third kappa shape index (κ3) is 4.92. The van der Waals surface area contributed by atoms with Gasteiger partial charge in [0, 0.05) is 55.4 Å². The molecule has 0 spiro atoms. The van der Waals surface area contributed by atoms with Gasteiger partial charge >= 0.3 is 5.56 Å². The lowest BCUT2D eigenvalue weighted by atomic mass is 10.1. The zero-order chi connectivity index (χ0) is 26.1. The zero-order valence-electron chi connectivity index (χ0n) is 19.9. The summed E-state index contributed by atoms with van der Waals surface area (Å²) in [5.41, 5.74) is 1.46. The predicted molar refractivity (Wildman–Crippen MR) is 135 cm³/mol. The molecule has 37 heavy (non-hydrogen) atoms. The number of hydrogen-bond acceptors (Lipinski definition) is 8. The van der Waals surface area contributed by atoms with Crippen molar-refractivity contribution in [3.63, 3.8) is 0 Å². The van der Waals surface area contributed by atoms with Gasteiger partial charge in [0.25, 0.3) is 0 Å². The number of pyridine rings is 1. The Kier molecular flexibility index (Phi) is 6.91. The van der Waals surface area contributed by atoms with Crippen molar-refractivity contribution in [3.05, 3.63) is 70.2 Å². The Labute approximate surface area is 213 Å². The van der Waals surface area contributed by atoms with Crippen LogP contribution in [0.15, 0.2) is 47.5 Å². The molecular weight excluding hydrogens is 503 g/mol. The van der Waals surface area contributed by atoms with E-state index < -0.39 is 22.6 Å². The lowest BCUT2D eigenvalue weighted by Gasteiger charge is -2.31. The van der Waals surface area contributed by atoms with Crippen molar-refractivity contribution in [3.8, 4) is 17.3 Å². The molecule has 3 aromatic heterocycles. The van der Waals surface area contributed by atoms with E-state index in [4.69, 9.17) is 4.74 Å². The van der Waals surface area contributed by atoms with Gasteiger partial charge in [-0.25, -0.2) is 14.4 Å². The first kappa shape index (κ1) is 24.9. The number of imidazole rings is 1. The number of H-pyrrole nitrogens is 1. The second-order valence-electron chi connectivity index (χ2n) is 8.46. The Balaban J connectivity index is 1.62. The smallest absolute Gasteiger partial charge is 0.300 e. The number of nitrogens with zero attached hydrogens (tertiary/aromatic N) is 5. The molecule has 0 radical (unpaired) electrons.